The summed E-state index contributed by atoms with van der Waals surface area (Å²) in [4.78, 5) is 17.4. The van der Waals surface area contributed by atoms with Gasteiger partial charge in [-0.15, -0.1) is 0 Å². The number of halogens is 2. The third-order valence-electron chi connectivity index (χ3n) is 6.44. The molecule has 0 aliphatic carbocycles. The maximum Gasteiger partial charge on any atom is 0.319 e. The van der Waals surface area contributed by atoms with E-state index in [0.29, 0.717) is 44.7 Å². The maximum atomic E-state index is 14.9. The molecule has 0 spiro atoms. The number of likely N-dealkylation sites (N-methyl/N-ethyl adjacent to an activating group) is 1. The fraction of sp³-hybridized carbons (Fsp3) is 0.682. The van der Waals surface area contributed by atoms with Crippen LogP contribution in [0.25, 0.3) is 10.9 Å². The number of rotatable bonds is 5. The summed E-state index contributed by atoms with van der Waals surface area (Å²) >= 11 is 0. The average Bonchev–Trinajstić information content (AvgIpc) is 3.03. The molecule has 2 aromatic heterocycles. The first-order valence-electron chi connectivity index (χ1n) is 11.0. The molecule has 0 aromatic carbocycles. The Balaban J connectivity index is 0.00000141. The molecule has 8 nitrogen and oxygen atoms in total. The zero-order valence-electron chi connectivity index (χ0n) is 19.3. The van der Waals surface area contributed by atoms with Crippen LogP contribution in [0.2, 0.25) is 0 Å². The largest absolute Gasteiger partial charge is 0.461 e. The van der Waals surface area contributed by atoms with Crippen molar-refractivity contribution in [1.82, 2.24) is 19.9 Å². The summed E-state index contributed by atoms with van der Waals surface area (Å²) in [5, 5.41) is 10.7. The van der Waals surface area contributed by atoms with Gasteiger partial charge < -0.3 is 19.5 Å². The second-order valence-electron chi connectivity index (χ2n) is 8.32. The Morgan fingerprint density at radius 1 is 1.31 bits per heavy atom. The third kappa shape index (κ3) is 4.92. The molecule has 1 N–H and O–H groups in total. The van der Waals surface area contributed by atoms with Crippen molar-refractivity contribution in [2.24, 2.45) is 0 Å². The molecule has 0 bridgehead atoms. The van der Waals surface area contributed by atoms with Crippen LogP contribution in [0.15, 0.2) is 6.20 Å². The number of aliphatic hydroxyl groups excluding tert-OH is 1. The number of hydrogen-bond donors (Lipinski definition) is 1. The molecule has 2 saturated heterocycles. The fourth-order valence-electron chi connectivity index (χ4n) is 4.41. The van der Waals surface area contributed by atoms with Gasteiger partial charge in [-0.05, 0) is 39.8 Å². The Hall–Kier alpha value is -2.17. The topological polar surface area (TPSA) is 83.8 Å². The van der Waals surface area contributed by atoms with Gasteiger partial charge in [0.05, 0.1) is 43.1 Å². The van der Waals surface area contributed by atoms with Crippen molar-refractivity contribution in [3.05, 3.63) is 17.7 Å². The van der Waals surface area contributed by atoms with Crippen molar-refractivity contribution in [1.29, 1.82) is 0 Å². The van der Waals surface area contributed by atoms with Gasteiger partial charge in [0.15, 0.2) is 5.82 Å². The zero-order chi connectivity index (χ0) is 23.3. The Morgan fingerprint density at radius 2 is 2.09 bits per heavy atom. The molecule has 0 saturated carbocycles. The molecule has 2 atom stereocenters. The van der Waals surface area contributed by atoms with Crippen LogP contribution < -0.4 is 9.64 Å². The fourth-order valence-corrected chi connectivity index (χ4v) is 4.41. The van der Waals surface area contributed by atoms with E-state index in [1.165, 1.54) is 0 Å². The summed E-state index contributed by atoms with van der Waals surface area (Å²) in [5.41, 5.74) is 0.406. The molecule has 2 aliphatic rings. The standard InChI is InChI=1S/C21H30FN5O3.CH3F/c1-4-21(6-5-7-26(21)3)13-30-20-24-18-16(10-23-14(2)17(18)22)19(25-20)27-8-9-29-12-15(28)11-27;1-2/h10,15,28H,4-9,11-13H2,1-3H3;1H3. The van der Waals surface area contributed by atoms with Gasteiger partial charge in [0.2, 0.25) is 0 Å². The lowest BCUT2D eigenvalue weighted by molar-refractivity contribution is 0.0597. The molecule has 178 valence electrons. The van der Waals surface area contributed by atoms with Gasteiger partial charge in [0.25, 0.3) is 0 Å². The summed E-state index contributed by atoms with van der Waals surface area (Å²) in [5.74, 6) is 0.0343. The number of anilines is 1. The first-order chi connectivity index (χ1) is 15.4. The van der Waals surface area contributed by atoms with Crippen LogP contribution >= 0.6 is 0 Å². The second kappa shape index (κ2) is 10.6. The highest BCUT2D eigenvalue weighted by molar-refractivity contribution is 5.89. The molecule has 10 heteroatoms. The predicted molar refractivity (Wildman–Crippen MR) is 118 cm³/mol. The summed E-state index contributed by atoms with van der Waals surface area (Å²) in [6.45, 7) is 6.83. The van der Waals surface area contributed by atoms with E-state index in [4.69, 9.17) is 9.47 Å². The van der Waals surface area contributed by atoms with Crippen LogP contribution in [0.1, 0.15) is 31.9 Å². The zero-order valence-corrected chi connectivity index (χ0v) is 19.3. The molecular formula is C22H33F2N5O3. The number of nitrogens with zero attached hydrogens (tertiary/aromatic N) is 5. The highest BCUT2D eigenvalue weighted by Gasteiger charge is 2.38. The molecule has 4 rings (SSSR count). The Bertz CT molecular complexity index is 919. The minimum absolute atomic E-state index is 0.0577. The van der Waals surface area contributed by atoms with Crippen LogP contribution in [0.4, 0.5) is 14.6 Å². The minimum Gasteiger partial charge on any atom is -0.461 e. The number of fused-ring (bicyclic) bond motifs is 1. The molecule has 2 aromatic rings. The van der Waals surface area contributed by atoms with Gasteiger partial charge in [-0.3, -0.25) is 14.3 Å². The second-order valence-corrected chi connectivity index (χ2v) is 8.32. The Labute approximate surface area is 187 Å². The van der Waals surface area contributed by atoms with Crippen LogP contribution in [0, 0.1) is 12.7 Å². The average molecular weight is 454 g/mol. The van der Waals surface area contributed by atoms with Gasteiger partial charge in [0.1, 0.15) is 17.9 Å². The number of β-amino-alcohol motifs (C(OH)–C–C–N with tert-alkyl or cyclic N) is 1. The van der Waals surface area contributed by atoms with Crippen molar-refractivity contribution in [3.8, 4) is 6.01 Å². The molecule has 32 heavy (non-hydrogen) atoms. The molecule has 2 fully saturated rings. The van der Waals surface area contributed by atoms with Gasteiger partial charge in [-0.1, -0.05) is 6.92 Å². The van der Waals surface area contributed by atoms with Gasteiger partial charge in [-0.25, -0.2) is 4.39 Å². The van der Waals surface area contributed by atoms with E-state index in [0.717, 1.165) is 25.8 Å². The number of aliphatic hydroxyl groups is 1. The first-order valence-corrected chi connectivity index (χ1v) is 11.0. The van der Waals surface area contributed by atoms with Crippen molar-refractivity contribution in [3.63, 3.8) is 0 Å². The Morgan fingerprint density at radius 3 is 2.78 bits per heavy atom. The van der Waals surface area contributed by atoms with Gasteiger partial charge in [0, 0.05) is 19.3 Å². The monoisotopic (exact) mass is 453 g/mol. The molecule has 0 amide bonds. The predicted octanol–water partition coefficient (Wildman–Crippen LogP) is 2.51. The lowest BCUT2D eigenvalue weighted by atomic mass is 9.94. The molecule has 4 heterocycles. The first kappa shape index (κ1) is 24.5. The van der Waals surface area contributed by atoms with E-state index in [2.05, 4.69) is 33.8 Å². The van der Waals surface area contributed by atoms with E-state index in [1.807, 2.05) is 4.90 Å². The SMILES string of the molecule is CCC1(COc2nc(N3CCOCC(O)C3)c3cnc(C)c(F)c3n2)CCCN1C.CF. The number of hydrogen-bond acceptors (Lipinski definition) is 8. The van der Waals surface area contributed by atoms with E-state index in [1.54, 1.807) is 13.1 Å². The smallest absolute Gasteiger partial charge is 0.319 e. The number of aromatic nitrogens is 3. The van der Waals surface area contributed by atoms with Gasteiger partial charge >= 0.3 is 6.01 Å². The quantitative estimate of drug-likeness (QED) is 0.740. The van der Waals surface area contributed by atoms with Crippen LogP contribution in [-0.2, 0) is 4.74 Å². The highest BCUT2D eigenvalue weighted by Crippen LogP contribution is 2.33. The highest BCUT2D eigenvalue weighted by atomic mass is 19.1. The van der Waals surface area contributed by atoms with Crippen LogP contribution in [0.3, 0.4) is 0 Å². The van der Waals surface area contributed by atoms with Crippen molar-refractivity contribution in [2.75, 3.05) is 58.6 Å². The summed E-state index contributed by atoms with van der Waals surface area (Å²) in [6, 6.07) is 0.148. The molecule has 2 aliphatic heterocycles. The molecule has 2 unspecified atom stereocenters. The molecule has 0 radical (unpaired) electrons. The lowest BCUT2D eigenvalue weighted by Gasteiger charge is -2.34. The summed E-state index contributed by atoms with van der Waals surface area (Å²) in [7, 11) is 2.61. The lowest BCUT2D eigenvalue weighted by Crippen LogP contribution is -2.46. The maximum absolute atomic E-state index is 14.9. The number of likely N-dealkylation sites (tertiary alicyclic amines) is 1. The number of ether oxygens (including phenoxy) is 2. The molecular weight excluding hydrogens is 420 g/mol. The van der Waals surface area contributed by atoms with E-state index in [9.17, 15) is 13.9 Å². The van der Waals surface area contributed by atoms with E-state index < -0.39 is 11.9 Å². The van der Waals surface area contributed by atoms with Crippen LogP contribution in [-0.4, -0.2) is 90.3 Å². The van der Waals surface area contributed by atoms with Crippen molar-refractivity contribution >= 4 is 16.7 Å². The number of aryl methyl sites for hydroxylation is 1. The van der Waals surface area contributed by atoms with Crippen molar-refractivity contribution in [2.45, 2.75) is 44.8 Å². The summed E-state index contributed by atoms with van der Waals surface area (Å²) in [6.07, 6.45) is 4.07. The number of alkyl halides is 1. The van der Waals surface area contributed by atoms with Crippen LogP contribution in [0.5, 0.6) is 6.01 Å². The third-order valence-corrected chi connectivity index (χ3v) is 6.44. The summed E-state index contributed by atoms with van der Waals surface area (Å²) < 4.78 is 35.9. The Kier molecular flexibility index (Phi) is 8.13. The number of pyridine rings is 1. The van der Waals surface area contributed by atoms with Crippen molar-refractivity contribution < 1.29 is 23.4 Å². The van der Waals surface area contributed by atoms with E-state index >= 15 is 0 Å². The van der Waals surface area contributed by atoms with Gasteiger partial charge in [-0.2, -0.15) is 9.97 Å². The normalized spacial score (nSPS) is 24.2. The van der Waals surface area contributed by atoms with E-state index in [-0.39, 0.29) is 29.4 Å². The minimum atomic E-state index is -0.652.